The fraction of sp³-hybridized carbons (Fsp3) is 0.421. The van der Waals surface area contributed by atoms with Gasteiger partial charge in [0.05, 0.1) is 5.56 Å². The van der Waals surface area contributed by atoms with E-state index in [0.29, 0.717) is 29.9 Å². The first kappa shape index (κ1) is 17.4. The molecule has 4 rings (SSSR count). The van der Waals surface area contributed by atoms with Crippen LogP contribution in [0, 0.1) is 5.92 Å². The molecule has 0 saturated carbocycles. The molecule has 3 aromatic rings. The van der Waals surface area contributed by atoms with E-state index in [0.717, 1.165) is 37.9 Å². The zero-order valence-corrected chi connectivity index (χ0v) is 15.3. The van der Waals surface area contributed by atoms with E-state index in [2.05, 4.69) is 20.2 Å². The summed E-state index contributed by atoms with van der Waals surface area (Å²) in [5.74, 6) is 1.71. The molecule has 0 radical (unpaired) electrons. The Morgan fingerprint density at radius 2 is 2.26 bits per heavy atom. The molecular weight excluding hydrogens is 344 g/mol. The minimum Gasteiger partial charge on any atom is -0.337 e. The molecule has 1 aliphatic rings. The van der Waals surface area contributed by atoms with Gasteiger partial charge in [0, 0.05) is 44.6 Å². The summed E-state index contributed by atoms with van der Waals surface area (Å²) in [4.78, 5) is 23.1. The molecule has 0 spiro atoms. The molecule has 27 heavy (non-hydrogen) atoms. The van der Waals surface area contributed by atoms with E-state index in [1.54, 1.807) is 29.3 Å². The second-order valence-electron chi connectivity index (χ2n) is 6.73. The van der Waals surface area contributed by atoms with Crippen molar-refractivity contribution in [1.82, 2.24) is 29.8 Å². The van der Waals surface area contributed by atoms with Gasteiger partial charge in [-0.2, -0.15) is 10.1 Å². The van der Waals surface area contributed by atoms with Crippen molar-refractivity contribution in [2.75, 3.05) is 13.1 Å². The summed E-state index contributed by atoms with van der Waals surface area (Å²) in [5.41, 5.74) is 1.49. The molecule has 0 aliphatic carbocycles. The summed E-state index contributed by atoms with van der Waals surface area (Å²) < 4.78 is 7.07. The van der Waals surface area contributed by atoms with Crippen molar-refractivity contribution in [3.05, 3.63) is 48.3 Å². The van der Waals surface area contributed by atoms with E-state index >= 15 is 0 Å². The van der Waals surface area contributed by atoms with Gasteiger partial charge in [0.2, 0.25) is 0 Å². The van der Waals surface area contributed by atoms with Crippen LogP contribution in [0.5, 0.6) is 0 Å². The smallest absolute Gasteiger partial charge is 0.272 e. The highest BCUT2D eigenvalue weighted by Gasteiger charge is 2.28. The van der Waals surface area contributed by atoms with Crippen molar-refractivity contribution in [1.29, 1.82) is 0 Å². The van der Waals surface area contributed by atoms with Crippen LogP contribution in [0.1, 0.15) is 36.1 Å². The maximum absolute atomic E-state index is 12.7. The summed E-state index contributed by atoms with van der Waals surface area (Å²) in [6.07, 6.45) is 7.77. The number of hydrogen-bond donors (Lipinski definition) is 0. The van der Waals surface area contributed by atoms with Crippen LogP contribution in [0.15, 0.2) is 41.3 Å². The van der Waals surface area contributed by atoms with Crippen molar-refractivity contribution in [2.45, 2.75) is 32.7 Å². The second-order valence-corrected chi connectivity index (χ2v) is 6.73. The quantitative estimate of drug-likeness (QED) is 0.666. The van der Waals surface area contributed by atoms with E-state index in [1.165, 1.54) is 0 Å². The molecule has 1 amide bonds. The van der Waals surface area contributed by atoms with E-state index in [9.17, 15) is 4.79 Å². The molecule has 0 bridgehead atoms. The SMILES string of the molecule is CCn1nccc1C(=O)N1CCC(CCc2noc(-c3cccnc3)n2)C1. The number of amides is 1. The molecular formula is C19H22N6O2. The van der Waals surface area contributed by atoms with Gasteiger partial charge in [0.15, 0.2) is 5.82 Å². The predicted molar refractivity (Wildman–Crippen MR) is 97.8 cm³/mol. The third kappa shape index (κ3) is 3.74. The summed E-state index contributed by atoms with van der Waals surface area (Å²) >= 11 is 0. The molecule has 8 heteroatoms. The molecule has 0 N–H and O–H groups in total. The summed E-state index contributed by atoms with van der Waals surface area (Å²) in [5, 5.41) is 8.25. The van der Waals surface area contributed by atoms with Crippen LogP contribution < -0.4 is 0 Å². The monoisotopic (exact) mass is 366 g/mol. The zero-order chi connectivity index (χ0) is 18.6. The van der Waals surface area contributed by atoms with Crippen molar-refractivity contribution >= 4 is 5.91 Å². The van der Waals surface area contributed by atoms with Crippen LogP contribution in [0.4, 0.5) is 0 Å². The Kier molecular flexibility index (Phi) is 4.95. The molecule has 0 aromatic carbocycles. The maximum atomic E-state index is 12.7. The highest BCUT2D eigenvalue weighted by atomic mass is 16.5. The van der Waals surface area contributed by atoms with Crippen molar-refractivity contribution in [3.63, 3.8) is 0 Å². The normalized spacial score (nSPS) is 16.8. The van der Waals surface area contributed by atoms with Gasteiger partial charge in [-0.3, -0.25) is 14.5 Å². The Morgan fingerprint density at radius 3 is 3.07 bits per heavy atom. The number of likely N-dealkylation sites (tertiary alicyclic amines) is 1. The number of carbonyl (C=O) groups excluding carboxylic acids is 1. The maximum Gasteiger partial charge on any atom is 0.272 e. The lowest BCUT2D eigenvalue weighted by Crippen LogP contribution is -2.30. The molecule has 1 aliphatic heterocycles. The van der Waals surface area contributed by atoms with Gasteiger partial charge in [0.1, 0.15) is 5.69 Å². The van der Waals surface area contributed by atoms with Crippen LogP contribution >= 0.6 is 0 Å². The second kappa shape index (κ2) is 7.69. The first-order valence-corrected chi connectivity index (χ1v) is 9.28. The molecule has 1 fully saturated rings. The van der Waals surface area contributed by atoms with Crippen LogP contribution in [-0.4, -0.2) is 48.8 Å². The van der Waals surface area contributed by atoms with Gasteiger partial charge in [-0.1, -0.05) is 5.16 Å². The fourth-order valence-corrected chi connectivity index (χ4v) is 3.48. The number of aromatic nitrogens is 5. The molecule has 1 unspecified atom stereocenters. The average molecular weight is 366 g/mol. The summed E-state index contributed by atoms with van der Waals surface area (Å²) in [7, 11) is 0. The topological polar surface area (TPSA) is 89.9 Å². The van der Waals surface area contributed by atoms with E-state index in [-0.39, 0.29) is 5.91 Å². The van der Waals surface area contributed by atoms with Gasteiger partial charge in [0.25, 0.3) is 11.8 Å². The van der Waals surface area contributed by atoms with Gasteiger partial charge in [-0.05, 0) is 43.9 Å². The zero-order valence-electron chi connectivity index (χ0n) is 15.3. The molecule has 1 atom stereocenters. The standard InChI is InChI=1S/C19H22N6O2/c1-2-25-16(7-10-21-25)19(26)24-11-8-14(13-24)5-6-17-22-18(27-23-17)15-4-3-9-20-12-15/h3-4,7,9-10,12,14H,2,5-6,8,11,13H2,1H3. The molecule has 1 saturated heterocycles. The number of nitrogens with zero attached hydrogens (tertiary/aromatic N) is 6. The number of carbonyl (C=O) groups is 1. The summed E-state index contributed by atoms with van der Waals surface area (Å²) in [6.45, 7) is 4.23. The largest absolute Gasteiger partial charge is 0.337 e. The van der Waals surface area contributed by atoms with E-state index < -0.39 is 0 Å². The van der Waals surface area contributed by atoms with Crippen LogP contribution in [0.3, 0.4) is 0 Å². The summed E-state index contributed by atoms with van der Waals surface area (Å²) in [6, 6.07) is 5.53. The molecule has 4 heterocycles. The molecule has 140 valence electrons. The van der Waals surface area contributed by atoms with Gasteiger partial charge in [-0.25, -0.2) is 0 Å². The third-order valence-electron chi connectivity index (χ3n) is 4.96. The van der Waals surface area contributed by atoms with Crippen LogP contribution in [-0.2, 0) is 13.0 Å². The minimum absolute atomic E-state index is 0.0651. The van der Waals surface area contributed by atoms with Crippen molar-refractivity contribution in [2.24, 2.45) is 5.92 Å². The predicted octanol–water partition coefficient (Wildman–Crippen LogP) is 2.44. The third-order valence-corrected chi connectivity index (χ3v) is 4.96. The first-order valence-electron chi connectivity index (χ1n) is 9.28. The Labute approximate surface area is 157 Å². The van der Waals surface area contributed by atoms with Gasteiger partial charge in [-0.15, -0.1) is 0 Å². The lowest BCUT2D eigenvalue weighted by atomic mass is 10.0. The van der Waals surface area contributed by atoms with E-state index in [1.807, 2.05) is 24.0 Å². The van der Waals surface area contributed by atoms with Crippen LogP contribution in [0.2, 0.25) is 0 Å². The number of pyridine rings is 1. The Hall–Kier alpha value is -3.03. The number of rotatable bonds is 6. The van der Waals surface area contributed by atoms with Crippen molar-refractivity contribution in [3.8, 4) is 11.5 Å². The molecule has 8 nitrogen and oxygen atoms in total. The Bertz CT molecular complexity index is 904. The average Bonchev–Trinajstić information content (AvgIpc) is 3.46. The molecule has 3 aromatic heterocycles. The van der Waals surface area contributed by atoms with Gasteiger partial charge < -0.3 is 9.42 Å². The van der Waals surface area contributed by atoms with Crippen LogP contribution in [0.25, 0.3) is 11.5 Å². The van der Waals surface area contributed by atoms with E-state index in [4.69, 9.17) is 4.52 Å². The minimum atomic E-state index is 0.0651. The number of aryl methyl sites for hydroxylation is 2. The fourth-order valence-electron chi connectivity index (χ4n) is 3.48. The highest BCUT2D eigenvalue weighted by molar-refractivity contribution is 5.92. The highest BCUT2D eigenvalue weighted by Crippen LogP contribution is 2.23. The lowest BCUT2D eigenvalue weighted by Gasteiger charge is -2.16. The Morgan fingerprint density at radius 1 is 1.33 bits per heavy atom. The Balaban J connectivity index is 1.32. The number of hydrogen-bond acceptors (Lipinski definition) is 6. The van der Waals surface area contributed by atoms with Crippen molar-refractivity contribution < 1.29 is 9.32 Å². The first-order chi connectivity index (χ1) is 13.2. The van der Waals surface area contributed by atoms with Gasteiger partial charge >= 0.3 is 0 Å². The lowest BCUT2D eigenvalue weighted by molar-refractivity contribution is 0.0774.